The molecule has 0 spiro atoms. The third kappa shape index (κ3) is 2.78. The number of aromatic hydroxyl groups is 1. The summed E-state index contributed by atoms with van der Waals surface area (Å²) in [5.41, 5.74) is 0.945. The van der Waals surface area contributed by atoms with E-state index in [9.17, 15) is 9.90 Å². The van der Waals surface area contributed by atoms with E-state index in [0.29, 0.717) is 22.3 Å². The zero-order chi connectivity index (χ0) is 18.3. The number of benzene rings is 3. The minimum Gasteiger partial charge on any atom is -0.507 e. The van der Waals surface area contributed by atoms with Crippen molar-refractivity contribution in [3.8, 4) is 5.75 Å². The number of nitrogens with zero attached hydrogens (tertiary/aromatic N) is 3. The van der Waals surface area contributed by atoms with Gasteiger partial charge in [0.25, 0.3) is 5.56 Å². The average Bonchev–Trinajstić information content (AvgIpc) is 2.63. The zero-order valence-electron chi connectivity index (χ0n) is 13.8. The van der Waals surface area contributed by atoms with Gasteiger partial charge in [0.2, 0.25) is 0 Å². The Hall–Kier alpha value is -2.99. The molecule has 0 unspecified atom stereocenters. The molecule has 0 saturated heterocycles. The lowest BCUT2D eigenvalue weighted by Crippen LogP contribution is -2.20. The maximum absolute atomic E-state index is 12.7. The molecule has 5 nitrogen and oxygen atoms in total. The zero-order valence-corrected chi connectivity index (χ0v) is 15.4. The number of halogens is 1. The Balaban J connectivity index is 1.90. The van der Waals surface area contributed by atoms with Crippen LogP contribution >= 0.6 is 15.9 Å². The summed E-state index contributed by atoms with van der Waals surface area (Å²) < 4.78 is 2.20. The maximum Gasteiger partial charge on any atom is 0.282 e. The highest BCUT2D eigenvalue weighted by molar-refractivity contribution is 9.10. The van der Waals surface area contributed by atoms with Gasteiger partial charge >= 0.3 is 0 Å². The lowest BCUT2D eigenvalue weighted by molar-refractivity contribution is 0.475. The topological polar surface area (TPSA) is 67.5 Å². The van der Waals surface area contributed by atoms with Crippen LogP contribution < -0.4 is 5.56 Å². The highest BCUT2D eigenvalue weighted by Gasteiger charge is 2.08. The number of aromatic nitrogens is 2. The van der Waals surface area contributed by atoms with Gasteiger partial charge in [-0.25, -0.2) is 4.98 Å². The minimum absolute atomic E-state index is 0.100. The largest absolute Gasteiger partial charge is 0.507 e. The first-order valence-electron chi connectivity index (χ1n) is 7.98. The van der Waals surface area contributed by atoms with E-state index in [-0.39, 0.29) is 11.3 Å². The minimum atomic E-state index is -0.244. The standard InChI is InChI=1S/C20H14BrN3O2/c1-12-23-18-5-3-2-4-16(18)20(26)24(12)22-11-17-15-8-7-14(21)10-13(15)6-9-19(17)25/h2-11,25H,1H3/b22-11-. The predicted molar refractivity (Wildman–Crippen MR) is 107 cm³/mol. The molecule has 0 fully saturated rings. The summed E-state index contributed by atoms with van der Waals surface area (Å²) >= 11 is 3.44. The molecule has 0 saturated carbocycles. The van der Waals surface area contributed by atoms with Gasteiger partial charge in [-0.3, -0.25) is 4.79 Å². The van der Waals surface area contributed by atoms with Crippen molar-refractivity contribution in [2.75, 3.05) is 0 Å². The molecule has 0 atom stereocenters. The predicted octanol–water partition coefficient (Wildman–Crippen LogP) is 4.21. The number of fused-ring (bicyclic) bond motifs is 2. The van der Waals surface area contributed by atoms with Gasteiger partial charge < -0.3 is 5.11 Å². The number of phenols is 1. The van der Waals surface area contributed by atoms with Crippen LogP contribution in [-0.4, -0.2) is 21.0 Å². The van der Waals surface area contributed by atoms with Crippen LogP contribution in [0.15, 0.2) is 69.0 Å². The molecule has 1 N–H and O–H groups in total. The Kier molecular flexibility index (Phi) is 4.05. The van der Waals surface area contributed by atoms with E-state index in [4.69, 9.17) is 0 Å². The van der Waals surface area contributed by atoms with Crippen LogP contribution in [0.2, 0.25) is 0 Å². The van der Waals surface area contributed by atoms with Crippen LogP contribution in [0.3, 0.4) is 0 Å². The maximum atomic E-state index is 12.7. The molecule has 0 bridgehead atoms. The monoisotopic (exact) mass is 407 g/mol. The summed E-state index contributed by atoms with van der Waals surface area (Å²) in [6.45, 7) is 1.73. The summed E-state index contributed by atoms with van der Waals surface area (Å²) in [4.78, 5) is 17.1. The fourth-order valence-corrected chi connectivity index (χ4v) is 3.31. The Morgan fingerprint density at radius 1 is 1.12 bits per heavy atom. The van der Waals surface area contributed by atoms with E-state index in [2.05, 4.69) is 26.0 Å². The van der Waals surface area contributed by atoms with E-state index < -0.39 is 0 Å². The summed E-state index contributed by atoms with van der Waals surface area (Å²) in [6, 6.07) is 16.4. The van der Waals surface area contributed by atoms with Gasteiger partial charge in [0.05, 0.1) is 17.1 Å². The van der Waals surface area contributed by atoms with E-state index >= 15 is 0 Å². The molecule has 128 valence electrons. The van der Waals surface area contributed by atoms with Gasteiger partial charge in [-0.15, -0.1) is 0 Å². The van der Waals surface area contributed by atoms with E-state index in [0.717, 1.165) is 15.2 Å². The van der Waals surface area contributed by atoms with Gasteiger partial charge in [-0.2, -0.15) is 9.78 Å². The lowest BCUT2D eigenvalue weighted by Gasteiger charge is -2.07. The fraction of sp³-hybridized carbons (Fsp3) is 0.0500. The number of rotatable bonds is 2. The first-order chi connectivity index (χ1) is 12.5. The van der Waals surface area contributed by atoms with Gasteiger partial charge in [0.15, 0.2) is 0 Å². The van der Waals surface area contributed by atoms with Gasteiger partial charge in [0.1, 0.15) is 11.6 Å². The van der Waals surface area contributed by atoms with E-state index in [1.807, 2.05) is 30.3 Å². The highest BCUT2D eigenvalue weighted by Crippen LogP contribution is 2.28. The van der Waals surface area contributed by atoms with Gasteiger partial charge in [-0.1, -0.05) is 40.2 Å². The van der Waals surface area contributed by atoms with Crippen molar-refractivity contribution in [3.05, 3.63) is 80.8 Å². The highest BCUT2D eigenvalue weighted by atomic mass is 79.9. The Labute approximate surface area is 157 Å². The molecule has 0 aliphatic heterocycles. The van der Waals surface area contributed by atoms with Crippen LogP contribution in [0.25, 0.3) is 21.7 Å². The number of phenolic OH excluding ortho intramolecular Hbond substituents is 1. The molecule has 4 aromatic rings. The van der Waals surface area contributed by atoms with Crippen LogP contribution in [0.5, 0.6) is 5.75 Å². The number of hydrogen-bond donors (Lipinski definition) is 1. The average molecular weight is 408 g/mol. The lowest BCUT2D eigenvalue weighted by atomic mass is 10.0. The van der Waals surface area contributed by atoms with Crippen LogP contribution in [0.1, 0.15) is 11.4 Å². The Bertz CT molecular complexity index is 1250. The number of para-hydroxylation sites is 1. The number of aryl methyl sites for hydroxylation is 1. The van der Waals surface area contributed by atoms with Crippen molar-refractivity contribution in [1.29, 1.82) is 0 Å². The second kappa shape index (κ2) is 6.38. The quantitative estimate of drug-likeness (QED) is 0.506. The van der Waals surface area contributed by atoms with E-state index in [1.54, 1.807) is 31.2 Å². The van der Waals surface area contributed by atoms with Gasteiger partial charge in [0, 0.05) is 10.0 Å². The second-order valence-corrected chi connectivity index (χ2v) is 6.82. The first-order valence-corrected chi connectivity index (χ1v) is 8.78. The SMILES string of the molecule is Cc1nc2ccccc2c(=O)n1/N=C\c1c(O)ccc2cc(Br)ccc12. The molecule has 0 aliphatic rings. The fourth-order valence-electron chi connectivity index (χ4n) is 2.94. The molecule has 1 heterocycles. The molecule has 3 aromatic carbocycles. The smallest absolute Gasteiger partial charge is 0.282 e. The first kappa shape index (κ1) is 16.5. The summed E-state index contributed by atoms with van der Waals surface area (Å²) in [5, 5.41) is 16.9. The Morgan fingerprint density at radius 2 is 1.92 bits per heavy atom. The van der Waals surface area contributed by atoms with Crippen LogP contribution in [0.4, 0.5) is 0 Å². The molecular formula is C20H14BrN3O2. The summed E-state index contributed by atoms with van der Waals surface area (Å²) in [5.74, 6) is 0.579. The van der Waals surface area contributed by atoms with Crippen molar-refractivity contribution in [3.63, 3.8) is 0 Å². The third-order valence-corrected chi connectivity index (χ3v) is 4.71. The molecule has 6 heteroatoms. The molecule has 0 radical (unpaired) electrons. The van der Waals surface area contributed by atoms with Crippen molar-refractivity contribution < 1.29 is 5.11 Å². The van der Waals surface area contributed by atoms with Crippen molar-refractivity contribution >= 4 is 43.8 Å². The number of hydrogen-bond acceptors (Lipinski definition) is 4. The van der Waals surface area contributed by atoms with Crippen molar-refractivity contribution in [2.24, 2.45) is 5.10 Å². The van der Waals surface area contributed by atoms with Crippen molar-refractivity contribution in [1.82, 2.24) is 9.66 Å². The molecular weight excluding hydrogens is 394 g/mol. The Morgan fingerprint density at radius 3 is 2.77 bits per heavy atom. The van der Waals surface area contributed by atoms with Crippen LogP contribution in [0, 0.1) is 6.92 Å². The molecule has 0 amide bonds. The van der Waals surface area contributed by atoms with Gasteiger partial charge in [-0.05, 0) is 48.0 Å². The van der Waals surface area contributed by atoms with Crippen LogP contribution in [-0.2, 0) is 0 Å². The summed E-state index contributed by atoms with van der Waals surface area (Å²) in [6.07, 6.45) is 1.50. The second-order valence-electron chi connectivity index (χ2n) is 5.90. The molecule has 0 aliphatic carbocycles. The molecule has 26 heavy (non-hydrogen) atoms. The normalized spacial score (nSPS) is 11.6. The summed E-state index contributed by atoms with van der Waals surface area (Å²) in [7, 11) is 0. The molecule has 4 rings (SSSR count). The molecule has 1 aromatic heterocycles. The van der Waals surface area contributed by atoms with E-state index in [1.165, 1.54) is 10.9 Å². The third-order valence-electron chi connectivity index (χ3n) is 4.22. The van der Waals surface area contributed by atoms with Crippen molar-refractivity contribution in [2.45, 2.75) is 6.92 Å².